The fourth-order valence-corrected chi connectivity index (χ4v) is 5.82. The number of halogens is 3. The van der Waals surface area contributed by atoms with Gasteiger partial charge in [-0.2, -0.15) is 12.7 Å². The summed E-state index contributed by atoms with van der Waals surface area (Å²) in [6, 6.07) is 8.92. The van der Waals surface area contributed by atoms with Crippen LogP contribution in [-0.4, -0.2) is 62.2 Å². The molecule has 2 amide bonds. The average Bonchev–Trinajstić information content (AvgIpc) is 3.38. The molecule has 2 aromatic rings. The van der Waals surface area contributed by atoms with Gasteiger partial charge in [-0.1, -0.05) is 49.0 Å². The number of anilines is 1. The van der Waals surface area contributed by atoms with Gasteiger partial charge >= 0.3 is 10.2 Å². The van der Waals surface area contributed by atoms with Crippen LogP contribution in [0, 0.1) is 5.82 Å². The molecular formula is C26H33Cl2FN4O4S. The molecule has 38 heavy (non-hydrogen) atoms. The molecular weight excluding hydrogens is 554 g/mol. The van der Waals surface area contributed by atoms with E-state index >= 15 is 0 Å². The van der Waals surface area contributed by atoms with Crippen molar-refractivity contribution in [3.8, 4) is 0 Å². The number of benzene rings is 2. The van der Waals surface area contributed by atoms with Crippen LogP contribution in [0.4, 0.5) is 10.1 Å². The van der Waals surface area contributed by atoms with E-state index in [1.807, 2.05) is 0 Å². The normalized spacial score (nSPS) is 14.9. The number of carbonyl (C=O) groups is 2. The lowest BCUT2D eigenvalue weighted by Crippen LogP contribution is -2.54. The van der Waals surface area contributed by atoms with Crippen LogP contribution in [0.1, 0.15) is 44.6 Å². The molecule has 1 aliphatic carbocycles. The second-order valence-electron chi connectivity index (χ2n) is 9.46. The fraction of sp³-hybridized carbons (Fsp3) is 0.462. The van der Waals surface area contributed by atoms with E-state index < -0.39 is 34.5 Å². The first-order valence-electron chi connectivity index (χ1n) is 12.4. The summed E-state index contributed by atoms with van der Waals surface area (Å²) in [5.41, 5.74) is 0.745. The van der Waals surface area contributed by atoms with Gasteiger partial charge in [-0.3, -0.25) is 9.59 Å². The van der Waals surface area contributed by atoms with Crippen LogP contribution in [0.25, 0.3) is 0 Å². The zero-order chi connectivity index (χ0) is 28.0. The number of amides is 2. The standard InChI is InChI=1S/C26H33Cl2FN4O4S/c1-4-24(26(35)30-20-7-5-6-8-20)32(16-18-9-14-22(27)23(28)15-18)25(34)17-33(38(36,37)31(2)3)21-12-10-19(29)11-13-21/h9-15,20,24H,4-8,16-17H2,1-3H3,(H,30,35)/t24-/m0/s1. The number of hydrogen-bond donors (Lipinski definition) is 1. The Labute approximate surface area is 233 Å². The Balaban J connectivity index is 1.98. The molecule has 1 saturated carbocycles. The van der Waals surface area contributed by atoms with Crippen molar-refractivity contribution < 1.29 is 22.4 Å². The maximum absolute atomic E-state index is 13.8. The molecule has 8 nitrogen and oxygen atoms in total. The molecule has 0 radical (unpaired) electrons. The van der Waals surface area contributed by atoms with Crippen molar-refractivity contribution in [2.75, 3.05) is 24.9 Å². The summed E-state index contributed by atoms with van der Waals surface area (Å²) < 4.78 is 41.8. The molecule has 1 aliphatic rings. The minimum atomic E-state index is -4.13. The minimum absolute atomic E-state index is 0.00554. The molecule has 1 atom stereocenters. The van der Waals surface area contributed by atoms with Crippen molar-refractivity contribution in [1.82, 2.24) is 14.5 Å². The average molecular weight is 588 g/mol. The van der Waals surface area contributed by atoms with E-state index in [4.69, 9.17) is 23.2 Å². The van der Waals surface area contributed by atoms with E-state index in [0.717, 1.165) is 46.4 Å². The highest BCUT2D eigenvalue weighted by Gasteiger charge is 2.34. The van der Waals surface area contributed by atoms with E-state index in [9.17, 15) is 22.4 Å². The Bertz CT molecular complexity index is 1240. The molecule has 0 spiro atoms. The Morgan fingerprint density at radius 2 is 1.68 bits per heavy atom. The van der Waals surface area contributed by atoms with Crippen molar-refractivity contribution in [2.24, 2.45) is 0 Å². The molecule has 0 saturated heterocycles. The van der Waals surface area contributed by atoms with Gasteiger partial charge in [-0.05, 0) is 61.2 Å². The maximum Gasteiger partial charge on any atom is 0.304 e. The van der Waals surface area contributed by atoms with Crippen LogP contribution in [-0.2, 0) is 26.3 Å². The van der Waals surface area contributed by atoms with E-state index in [0.29, 0.717) is 22.0 Å². The molecule has 1 N–H and O–H groups in total. The topological polar surface area (TPSA) is 90.0 Å². The number of nitrogens with zero attached hydrogens (tertiary/aromatic N) is 3. The zero-order valence-corrected chi connectivity index (χ0v) is 24.0. The van der Waals surface area contributed by atoms with Crippen LogP contribution in [0.3, 0.4) is 0 Å². The van der Waals surface area contributed by atoms with Gasteiger partial charge in [0.2, 0.25) is 11.8 Å². The second kappa shape index (κ2) is 13.1. The first-order chi connectivity index (χ1) is 17.9. The van der Waals surface area contributed by atoms with Crippen LogP contribution in [0.5, 0.6) is 0 Å². The van der Waals surface area contributed by atoms with Crippen LogP contribution in [0.2, 0.25) is 10.0 Å². The Morgan fingerprint density at radius 1 is 1.05 bits per heavy atom. The molecule has 12 heteroatoms. The van der Waals surface area contributed by atoms with Gasteiger partial charge in [0, 0.05) is 26.7 Å². The third-order valence-corrected chi connectivity index (χ3v) is 9.12. The number of rotatable bonds is 11. The maximum atomic E-state index is 13.8. The first kappa shape index (κ1) is 30.1. The lowest BCUT2D eigenvalue weighted by molar-refractivity contribution is -0.140. The molecule has 0 aliphatic heterocycles. The summed E-state index contributed by atoms with van der Waals surface area (Å²) in [5, 5.41) is 3.69. The predicted octanol–water partition coefficient (Wildman–Crippen LogP) is 4.61. The smallest absolute Gasteiger partial charge is 0.304 e. The summed E-state index contributed by atoms with van der Waals surface area (Å²) in [5.74, 6) is -1.44. The van der Waals surface area contributed by atoms with Crippen molar-refractivity contribution in [1.29, 1.82) is 0 Å². The minimum Gasteiger partial charge on any atom is -0.352 e. The van der Waals surface area contributed by atoms with Gasteiger partial charge in [0.05, 0.1) is 15.7 Å². The number of nitrogens with one attached hydrogen (secondary N) is 1. The summed E-state index contributed by atoms with van der Waals surface area (Å²) in [4.78, 5) is 28.6. The van der Waals surface area contributed by atoms with Gasteiger partial charge in [-0.25, -0.2) is 8.70 Å². The SMILES string of the molecule is CC[C@@H](C(=O)NC1CCCC1)N(Cc1ccc(Cl)c(Cl)c1)C(=O)CN(c1ccc(F)cc1)S(=O)(=O)N(C)C. The van der Waals surface area contributed by atoms with Gasteiger partial charge in [0.1, 0.15) is 18.4 Å². The monoisotopic (exact) mass is 586 g/mol. The van der Waals surface area contributed by atoms with Gasteiger partial charge in [-0.15, -0.1) is 0 Å². The summed E-state index contributed by atoms with van der Waals surface area (Å²) in [6.45, 7) is 1.20. The van der Waals surface area contributed by atoms with E-state index in [2.05, 4.69) is 5.32 Å². The zero-order valence-electron chi connectivity index (χ0n) is 21.7. The van der Waals surface area contributed by atoms with E-state index in [1.54, 1.807) is 25.1 Å². The largest absolute Gasteiger partial charge is 0.352 e. The summed E-state index contributed by atoms with van der Waals surface area (Å²) in [7, 11) is -1.45. The lowest BCUT2D eigenvalue weighted by Gasteiger charge is -2.34. The van der Waals surface area contributed by atoms with Crippen LogP contribution in [0.15, 0.2) is 42.5 Å². The number of carbonyl (C=O) groups excluding carboxylic acids is 2. The molecule has 2 aromatic carbocycles. The molecule has 3 rings (SSSR count). The number of hydrogen-bond acceptors (Lipinski definition) is 4. The van der Waals surface area contributed by atoms with Gasteiger partial charge in [0.25, 0.3) is 0 Å². The summed E-state index contributed by atoms with van der Waals surface area (Å²) in [6.07, 6.45) is 4.12. The quantitative estimate of drug-likeness (QED) is 0.416. The Morgan fingerprint density at radius 3 is 2.24 bits per heavy atom. The van der Waals surface area contributed by atoms with Crippen LogP contribution >= 0.6 is 23.2 Å². The first-order valence-corrected chi connectivity index (χ1v) is 14.6. The van der Waals surface area contributed by atoms with Crippen LogP contribution < -0.4 is 9.62 Å². The highest BCUT2D eigenvalue weighted by molar-refractivity contribution is 7.90. The van der Waals surface area contributed by atoms with Gasteiger partial charge in [0.15, 0.2) is 0 Å². The molecule has 0 aromatic heterocycles. The van der Waals surface area contributed by atoms with Crippen molar-refractivity contribution in [2.45, 2.75) is 57.7 Å². The molecule has 0 bridgehead atoms. The van der Waals surface area contributed by atoms with Crippen molar-refractivity contribution in [3.63, 3.8) is 0 Å². The molecule has 208 valence electrons. The van der Waals surface area contributed by atoms with Gasteiger partial charge < -0.3 is 10.2 Å². The molecule has 0 unspecified atom stereocenters. The third-order valence-electron chi connectivity index (χ3n) is 6.56. The Hall–Kier alpha value is -2.40. The third kappa shape index (κ3) is 7.37. The lowest BCUT2D eigenvalue weighted by atomic mass is 10.1. The molecule has 1 fully saturated rings. The van der Waals surface area contributed by atoms with E-state index in [1.165, 1.54) is 31.1 Å². The Kier molecular flexibility index (Phi) is 10.4. The predicted molar refractivity (Wildman–Crippen MR) is 148 cm³/mol. The van der Waals surface area contributed by atoms with Crippen molar-refractivity contribution >= 4 is 50.9 Å². The van der Waals surface area contributed by atoms with E-state index in [-0.39, 0.29) is 24.2 Å². The fourth-order valence-electron chi connectivity index (χ4n) is 4.45. The molecule has 0 heterocycles. The summed E-state index contributed by atoms with van der Waals surface area (Å²) >= 11 is 12.3. The second-order valence-corrected chi connectivity index (χ2v) is 12.3. The highest BCUT2D eigenvalue weighted by Crippen LogP contribution is 2.26. The van der Waals surface area contributed by atoms with Crippen molar-refractivity contribution in [3.05, 3.63) is 63.9 Å². The highest BCUT2D eigenvalue weighted by atomic mass is 35.5.